The van der Waals surface area contributed by atoms with Crippen LogP contribution in [0.3, 0.4) is 0 Å². The molecule has 0 aromatic rings. The molecule has 1 saturated carbocycles. The standard InChI is InChI=1S/C12H21NO4S/c1-18(15,16)9-6-12(14)13-7-8-17-11-5-3-2-4-10(11)13/h10-11H,2-9H2,1H3. The average molecular weight is 275 g/mol. The number of rotatable bonds is 3. The Labute approximate surface area is 108 Å². The van der Waals surface area contributed by atoms with Crippen molar-refractivity contribution in [3.05, 3.63) is 0 Å². The maximum atomic E-state index is 12.1. The lowest BCUT2D eigenvalue weighted by molar-refractivity contribution is -0.149. The number of carbonyl (C=O) groups is 1. The Morgan fingerprint density at radius 3 is 2.78 bits per heavy atom. The van der Waals surface area contributed by atoms with E-state index in [-0.39, 0.29) is 30.2 Å². The first-order valence-corrected chi connectivity index (χ1v) is 8.62. The molecule has 2 unspecified atom stereocenters. The second-order valence-corrected chi connectivity index (χ2v) is 7.49. The molecule has 2 rings (SSSR count). The fourth-order valence-corrected chi connectivity index (χ4v) is 3.37. The van der Waals surface area contributed by atoms with Gasteiger partial charge in [-0.15, -0.1) is 0 Å². The van der Waals surface area contributed by atoms with Crippen molar-refractivity contribution in [2.24, 2.45) is 0 Å². The summed E-state index contributed by atoms with van der Waals surface area (Å²) in [5.74, 6) is -0.0961. The molecule has 0 aromatic heterocycles. The SMILES string of the molecule is CS(=O)(=O)CCC(=O)N1CCOC2CCCCC21. The molecule has 5 nitrogen and oxygen atoms in total. The van der Waals surface area contributed by atoms with Gasteiger partial charge < -0.3 is 9.64 Å². The Bertz CT molecular complexity index is 404. The number of carbonyl (C=O) groups excluding carboxylic acids is 1. The van der Waals surface area contributed by atoms with Gasteiger partial charge in [0.2, 0.25) is 5.91 Å². The summed E-state index contributed by atoms with van der Waals surface area (Å²) in [6.45, 7) is 1.18. The minimum atomic E-state index is -3.07. The number of hydrogen-bond acceptors (Lipinski definition) is 4. The van der Waals surface area contributed by atoms with Crippen LogP contribution < -0.4 is 0 Å². The van der Waals surface area contributed by atoms with Crippen LogP contribution in [0.15, 0.2) is 0 Å². The normalized spacial score (nSPS) is 28.8. The summed E-state index contributed by atoms with van der Waals surface area (Å²) in [6, 6.07) is 0.166. The van der Waals surface area contributed by atoms with Crippen LogP contribution in [0.2, 0.25) is 0 Å². The molecule has 1 aliphatic heterocycles. The summed E-state index contributed by atoms with van der Waals surface area (Å²) in [7, 11) is -3.07. The first-order valence-electron chi connectivity index (χ1n) is 6.56. The number of hydrogen-bond donors (Lipinski definition) is 0. The van der Waals surface area contributed by atoms with E-state index in [2.05, 4.69) is 0 Å². The Morgan fingerprint density at radius 2 is 2.06 bits per heavy atom. The third kappa shape index (κ3) is 3.45. The van der Waals surface area contributed by atoms with E-state index < -0.39 is 9.84 Å². The third-order valence-corrected chi connectivity index (χ3v) is 4.68. The maximum Gasteiger partial charge on any atom is 0.224 e. The van der Waals surface area contributed by atoms with Gasteiger partial charge in [0.15, 0.2) is 0 Å². The zero-order valence-electron chi connectivity index (χ0n) is 10.8. The van der Waals surface area contributed by atoms with E-state index in [1.165, 1.54) is 6.26 Å². The molecule has 18 heavy (non-hydrogen) atoms. The monoisotopic (exact) mass is 275 g/mol. The van der Waals surface area contributed by atoms with Crippen LogP contribution in [0.1, 0.15) is 32.1 Å². The van der Waals surface area contributed by atoms with Crippen LogP contribution >= 0.6 is 0 Å². The number of amides is 1. The molecule has 1 aliphatic carbocycles. The molecule has 2 atom stereocenters. The van der Waals surface area contributed by atoms with Crippen molar-refractivity contribution in [3.8, 4) is 0 Å². The summed E-state index contributed by atoms with van der Waals surface area (Å²) in [5.41, 5.74) is 0. The summed E-state index contributed by atoms with van der Waals surface area (Å²) >= 11 is 0. The Kier molecular flexibility index (Phi) is 4.27. The second-order valence-electron chi connectivity index (χ2n) is 5.23. The van der Waals surface area contributed by atoms with Crippen molar-refractivity contribution in [3.63, 3.8) is 0 Å². The van der Waals surface area contributed by atoms with Gasteiger partial charge in [0.1, 0.15) is 9.84 Å². The Hall–Kier alpha value is -0.620. The van der Waals surface area contributed by atoms with E-state index in [1.54, 1.807) is 0 Å². The van der Waals surface area contributed by atoms with Crippen molar-refractivity contribution >= 4 is 15.7 Å². The highest BCUT2D eigenvalue weighted by molar-refractivity contribution is 7.90. The fourth-order valence-electron chi connectivity index (χ4n) is 2.82. The number of ether oxygens (including phenoxy) is 1. The fraction of sp³-hybridized carbons (Fsp3) is 0.917. The molecule has 0 radical (unpaired) electrons. The zero-order chi connectivity index (χ0) is 13.2. The molecular weight excluding hydrogens is 254 g/mol. The largest absolute Gasteiger partial charge is 0.374 e. The van der Waals surface area contributed by atoms with Gasteiger partial charge in [0.05, 0.1) is 24.5 Å². The molecule has 1 saturated heterocycles. The molecule has 0 N–H and O–H groups in total. The van der Waals surface area contributed by atoms with Gasteiger partial charge in [-0.2, -0.15) is 0 Å². The van der Waals surface area contributed by atoms with Crippen LogP contribution in [0, 0.1) is 0 Å². The van der Waals surface area contributed by atoms with E-state index in [0.717, 1.165) is 25.7 Å². The van der Waals surface area contributed by atoms with Gasteiger partial charge in [-0.25, -0.2) is 8.42 Å². The van der Waals surface area contributed by atoms with E-state index in [1.807, 2.05) is 4.90 Å². The smallest absolute Gasteiger partial charge is 0.224 e. The maximum absolute atomic E-state index is 12.1. The van der Waals surface area contributed by atoms with E-state index in [0.29, 0.717) is 13.2 Å². The predicted octanol–water partition coefficient (Wildman–Crippen LogP) is 0.591. The van der Waals surface area contributed by atoms with Crippen molar-refractivity contribution in [1.29, 1.82) is 0 Å². The van der Waals surface area contributed by atoms with Crippen molar-refractivity contribution in [2.75, 3.05) is 25.2 Å². The lowest BCUT2D eigenvalue weighted by Crippen LogP contribution is -2.55. The highest BCUT2D eigenvalue weighted by Crippen LogP contribution is 2.28. The molecule has 0 aromatic carbocycles. The molecule has 2 fully saturated rings. The lowest BCUT2D eigenvalue weighted by atomic mass is 9.90. The van der Waals surface area contributed by atoms with Crippen molar-refractivity contribution < 1.29 is 17.9 Å². The number of nitrogens with zero attached hydrogens (tertiary/aromatic N) is 1. The van der Waals surface area contributed by atoms with Gasteiger partial charge >= 0.3 is 0 Å². The van der Waals surface area contributed by atoms with Gasteiger partial charge in [-0.05, 0) is 12.8 Å². The predicted molar refractivity (Wildman–Crippen MR) is 68.0 cm³/mol. The third-order valence-electron chi connectivity index (χ3n) is 3.74. The van der Waals surface area contributed by atoms with Crippen molar-refractivity contribution in [1.82, 2.24) is 4.90 Å². The van der Waals surface area contributed by atoms with Crippen LogP contribution in [-0.4, -0.2) is 56.5 Å². The summed E-state index contributed by atoms with van der Waals surface area (Å²) in [5, 5.41) is 0. The topological polar surface area (TPSA) is 63.7 Å². The molecule has 104 valence electrons. The number of sulfone groups is 1. The van der Waals surface area contributed by atoms with E-state index in [4.69, 9.17) is 4.74 Å². The number of morpholine rings is 1. The summed E-state index contributed by atoms with van der Waals surface area (Å²) in [6.07, 6.45) is 5.71. The van der Waals surface area contributed by atoms with Crippen molar-refractivity contribution in [2.45, 2.75) is 44.2 Å². The summed E-state index contributed by atoms with van der Waals surface area (Å²) in [4.78, 5) is 14.0. The average Bonchev–Trinajstić information content (AvgIpc) is 2.34. The molecule has 0 bridgehead atoms. The molecule has 1 heterocycles. The van der Waals surface area contributed by atoms with Gasteiger partial charge in [0, 0.05) is 19.2 Å². The van der Waals surface area contributed by atoms with E-state index in [9.17, 15) is 13.2 Å². The number of fused-ring (bicyclic) bond motifs is 1. The molecule has 6 heteroatoms. The lowest BCUT2D eigenvalue weighted by Gasteiger charge is -2.43. The molecular formula is C12H21NO4S. The van der Waals surface area contributed by atoms with Crippen LogP contribution in [0.4, 0.5) is 0 Å². The first kappa shape index (κ1) is 13.8. The van der Waals surface area contributed by atoms with E-state index >= 15 is 0 Å². The minimum absolute atomic E-state index is 0.0411. The van der Waals surface area contributed by atoms with Crippen LogP contribution in [0.25, 0.3) is 0 Å². The van der Waals surface area contributed by atoms with Gasteiger partial charge in [-0.3, -0.25) is 4.79 Å². The molecule has 1 amide bonds. The van der Waals surface area contributed by atoms with Crippen LogP contribution in [-0.2, 0) is 19.4 Å². The van der Waals surface area contributed by atoms with Gasteiger partial charge in [0.25, 0.3) is 0 Å². The van der Waals surface area contributed by atoms with Crippen LogP contribution in [0.5, 0.6) is 0 Å². The highest BCUT2D eigenvalue weighted by Gasteiger charge is 2.36. The highest BCUT2D eigenvalue weighted by atomic mass is 32.2. The Balaban J connectivity index is 1.95. The summed E-state index contributed by atoms with van der Waals surface area (Å²) < 4.78 is 27.9. The zero-order valence-corrected chi connectivity index (χ0v) is 11.6. The quantitative estimate of drug-likeness (QED) is 0.756. The second kappa shape index (κ2) is 5.57. The van der Waals surface area contributed by atoms with Gasteiger partial charge in [-0.1, -0.05) is 12.8 Å². The first-order chi connectivity index (χ1) is 8.47. The minimum Gasteiger partial charge on any atom is -0.374 e. The Morgan fingerprint density at radius 1 is 1.33 bits per heavy atom. The molecule has 0 spiro atoms. The molecule has 2 aliphatic rings.